The van der Waals surface area contributed by atoms with Gasteiger partial charge in [0, 0.05) is 38.0 Å². The summed E-state index contributed by atoms with van der Waals surface area (Å²) < 4.78 is 17.9. The van der Waals surface area contributed by atoms with Gasteiger partial charge in [-0.25, -0.2) is 0 Å². The van der Waals surface area contributed by atoms with E-state index in [-0.39, 0.29) is 31.7 Å². The molecule has 294 valence electrons. The van der Waals surface area contributed by atoms with Crippen LogP contribution in [0.25, 0.3) is 0 Å². The number of amides is 1. The first-order valence-electron chi connectivity index (χ1n) is 21.3. The fraction of sp³-hybridized carbons (Fsp3) is 0.951. The highest BCUT2D eigenvalue weighted by molar-refractivity contribution is 8.53. The zero-order chi connectivity index (χ0) is 36.8. The lowest BCUT2D eigenvalue weighted by molar-refractivity contribution is -0.150. The molecule has 0 aliphatic rings. The van der Waals surface area contributed by atoms with Gasteiger partial charge in [0.1, 0.15) is 13.7 Å². The number of unbranched alkanes of at least 4 members (excludes halogenated alkanes) is 23. The summed E-state index contributed by atoms with van der Waals surface area (Å²) in [5, 5.41) is 0. The number of carbonyl (C=O) groups is 2. The second-order valence-corrected chi connectivity index (χ2v) is 16.3. The minimum atomic E-state index is -0.161. The molecule has 0 saturated heterocycles. The van der Waals surface area contributed by atoms with Gasteiger partial charge < -0.3 is 18.6 Å². The maximum absolute atomic E-state index is 12.8. The van der Waals surface area contributed by atoms with Crippen molar-refractivity contribution < 1.29 is 23.2 Å². The second-order valence-electron chi connectivity index (χ2n) is 14.5. The third-order valence-electron chi connectivity index (χ3n) is 9.77. The van der Waals surface area contributed by atoms with Crippen molar-refractivity contribution in [1.29, 1.82) is 0 Å². The largest absolute Gasteiger partial charge is 0.462 e. The molecule has 0 aromatic carbocycles. The van der Waals surface area contributed by atoms with Crippen molar-refractivity contribution in [2.45, 2.75) is 226 Å². The van der Waals surface area contributed by atoms with Crippen molar-refractivity contribution in [3.63, 3.8) is 0 Å². The number of hydrogen-bond donors (Lipinski definition) is 0. The Kier molecular flexibility index (Phi) is 39.7. The maximum atomic E-state index is 12.8. The minimum absolute atomic E-state index is 0.0563. The van der Waals surface area contributed by atoms with Crippen LogP contribution in [0.15, 0.2) is 0 Å². The van der Waals surface area contributed by atoms with Gasteiger partial charge in [-0.1, -0.05) is 176 Å². The molecule has 9 heteroatoms. The highest BCUT2D eigenvalue weighted by Gasteiger charge is 2.22. The van der Waals surface area contributed by atoms with E-state index in [2.05, 4.69) is 20.8 Å². The predicted octanol–water partition coefficient (Wildman–Crippen LogP) is 12.8. The lowest BCUT2D eigenvalue weighted by atomic mass is 10.1. The Morgan fingerprint density at radius 3 is 1.56 bits per heavy atom. The Labute approximate surface area is 318 Å². The van der Waals surface area contributed by atoms with Gasteiger partial charge in [-0.2, -0.15) is 0 Å². The van der Waals surface area contributed by atoms with Crippen LogP contribution in [0.3, 0.4) is 0 Å². The van der Waals surface area contributed by atoms with Crippen molar-refractivity contribution in [3.8, 4) is 0 Å². The molecule has 6 nitrogen and oxygen atoms in total. The summed E-state index contributed by atoms with van der Waals surface area (Å²) in [5.74, 6) is -0.0107. The first-order valence-corrected chi connectivity index (χ1v) is 23.8. The van der Waals surface area contributed by atoms with Gasteiger partial charge in [0.25, 0.3) is 0 Å². The molecule has 1 amide bonds. The molecule has 0 aromatic heterocycles. The number of esters is 1. The summed E-state index contributed by atoms with van der Waals surface area (Å²) in [5.41, 5.74) is 0. The molecule has 3 unspecified atom stereocenters. The Morgan fingerprint density at radius 2 is 1.08 bits per heavy atom. The van der Waals surface area contributed by atoms with E-state index in [0.29, 0.717) is 32.7 Å². The molecule has 0 bridgehead atoms. The van der Waals surface area contributed by atoms with Crippen LogP contribution in [0, 0.1) is 0 Å². The molecular formula is C41H81BNO5PS. The van der Waals surface area contributed by atoms with Crippen molar-refractivity contribution in [3.05, 3.63) is 0 Å². The number of nitrogens with zero attached hydrogens (tertiary/aromatic N) is 1. The third-order valence-corrected chi connectivity index (χ3v) is 10.8. The van der Waals surface area contributed by atoms with Crippen molar-refractivity contribution in [1.82, 2.24) is 4.90 Å². The normalized spacial score (nSPS) is 12.9. The molecule has 0 rings (SSSR count). The number of carbonyl (C=O) groups excluding carboxylic acids is 2. The monoisotopic (exact) mass is 742 g/mol. The fourth-order valence-corrected chi connectivity index (χ4v) is 7.29. The van der Waals surface area contributed by atoms with Crippen LogP contribution in [-0.4, -0.2) is 62.9 Å². The van der Waals surface area contributed by atoms with E-state index in [0.717, 1.165) is 45.1 Å². The van der Waals surface area contributed by atoms with E-state index in [1.165, 1.54) is 146 Å². The third kappa shape index (κ3) is 33.5. The molecule has 2 radical (unpaired) electrons. The lowest BCUT2D eigenvalue weighted by Crippen LogP contribution is -2.45. The topological polar surface area (TPSA) is 65.1 Å². The van der Waals surface area contributed by atoms with Crippen LogP contribution in [0.2, 0.25) is 0 Å². The van der Waals surface area contributed by atoms with E-state index in [1.54, 1.807) is 6.92 Å². The Balaban J connectivity index is 4.68. The highest BCUT2D eigenvalue weighted by Crippen LogP contribution is 2.25. The molecule has 0 heterocycles. The highest BCUT2D eigenvalue weighted by atomic mass is 32.7. The molecule has 0 fully saturated rings. The average molecular weight is 742 g/mol. The van der Waals surface area contributed by atoms with Gasteiger partial charge in [-0.15, -0.1) is 0 Å². The maximum Gasteiger partial charge on any atom is 0.306 e. The van der Waals surface area contributed by atoms with Crippen LogP contribution in [0.4, 0.5) is 0 Å². The summed E-state index contributed by atoms with van der Waals surface area (Å²) in [6.07, 6.45) is 34.6. The SMILES string of the molecule is [B]PSOCC(COCCC(CCCCCCC)OC(=O)CCCCCCCCCCC)N(CCCCCCCCCCCCCC)C(C)=O. The molecule has 0 saturated carbocycles. The van der Waals surface area contributed by atoms with E-state index < -0.39 is 0 Å². The molecule has 0 aliphatic carbocycles. The minimum Gasteiger partial charge on any atom is -0.462 e. The Morgan fingerprint density at radius 1 is 0.620 bits per heavy atom. The van der Waals surface area contributed by atoms with Crippen molar-refractivity contribution >= 4 is 38.8 Å². The molecular weight excluding hydrogens is 660 g/mol. The van der Waals surface area contributed by atoms with Crippen molar-refractivity contribution in [2.75, 3.05) is 26.4 Å². The second kappa shape index (κ2) is 39.9. The zero-order valence-corrected chi connectivity index (χ0v) is 35.3. The molecule has 0 N–H and O–H groups in total. The first-order chi connectivity index (χ1) is 24.5. The van der Waals surface area contributed by atoms with Crippen LogP contribution in [0.5, 0.6) is 0 Å². The molecule has 3 atom stereocenters. The molecule has 0 spiro atoms. The molecule has 50 heavy (non-hydrogen) atoms. The Bertz CT molecular complexity index is 737. The summed E-state index contributed by atoms with van der Waals surface area (Å²) in [6.45, 7) is 10.4. The van der Waals surface area contributed by atoms with E-state index in [1.807, 2.05) is 4.90 Å². The average Bonchev–Trinajstić information content (AvgIpc) is 3.10. The lowest BCUT2D eigenvalue weighted by Gasteiger charge is -2.31. The quantitative estimate of drug-likeness (QED) is 0.0205. The zero-order valence-electron chi connectivity index (χ0n) is 33.5. The summed E-state index contributed by atoms with van der Waals surface area (Å²) in [7, 11) is 5.82. The molecule has 0 aliphatic heterocycles. The Hall–Kier alpha value is -0.295. The van der Waals surface area contributed by atoms with Gasteiger partial charge in [-0.3, -0.25) is 9.59 Å². The smallest absolute Gasteiger partial charge is 0.306 e. The van der Waals surface area contributed by atoms with Crippen LogP contribution >= 0.6 is 19.3 Å². The standard InChI is InChI=1S/C41H81BNO5PS/c1-5-8-11-14-16-18-19-20-22-24-27-30-34-43(38(4)44)39(37-47-50-49-42)36-46-35-33-40(31-28-25-13-10-7-3)48-41(45)32-29-26-23-21-17-15-12-9-6-2/h39-40,49H,5-37H2,1-4H3. The van der Waals surface area contributed by atoms with E-state index in [9.17, 15) is 9.59 Å². The van der Waals surface area contributed by atoms with Crippen LogP contribution in [0.1, 0.15) is 214 Å². The number of hydrogen-bond acceptors (Lipinski definition) is 6. The van der Waals surface area contributed by atoms with Gasteiger partial charge in [0.2, 0.25) is 5.91 Å². The van der Waals surface area contributed by atoms with Crippen LogP contribution in [-0.2, 0) is 23.2 Å². The number of rotatable bonds is 40. The first kappa shape index (κ1) is 49.7. The van der Waals surface area contributed by atoms with Gasteiger partial charge in [0.05, 0.1) is 25.9 Å². The van der Waals surface area contributed by atoms with Gasteiger partial charge in [0.15, 0.2) is 0 Å². The van der Waals surface area contributed by atoms with E-state index >= 15 is 0 Å². The summed E-state index contributed by atoms with van der Waals surface area (Å²) in [6, 6.07) is -0.161. The summed E-state index contributed by atoms with van der Waals surface area (Å²) >= 11 is 1.25. The fourth-order valence-electron chi connectivity index (χ4n) is 6.59. The van der Waals surface area contributed by atoms with E-state index in [4.69, 9.17) is 21.2 Å². The molecule has 0 aromatic rings. The van der Waals surface area contributed by atoms with Gasteiger partial charge in [-0.05, 0) is 25.7 Å². The van der Waals surface area contributed by atoms with Crippen LogP contribution < -0.4 is 0 Å². The predicted molar refractivity (Wildman–Crippen MR) is 220 cm³/mol. The van der Waals surface area contributed by atoms with Crippen molar-refractivity contribution in [2.24, 2.45) is 0 Å². The summed E-state index contributed by atoms with van der Waals surface area (Å²) in [4.78, 5) is 27.4. The number of ether oxygens (including phenoxy) is 2. The van der Waals surface area contributed by atoms with Gasteiger partial charge >= 0.3 is 5.97 Å².